The Morgan fingerprint density at radius 2 is 0.781 bits per heavy atom. The Labute approximate surface area is 205 Å². The summed E-state index contributed by atoms with van der Waals surface area (Å²) in [6.45, 7) is 11.0. The van der Waals surface area contributed by atoms with Crippen molar-refractivity contribution in [1.82, 2.24) is 0 Å². The molecule has 0 atom stereocenters. The standard InChI is InChI=1S/C29H61O2Si/c1-5-7-9-11-13-15-17-19-21-23-26-30-32(28-25-29(3)4)31-27-24-22-20-18-16-14-12-10-8-6-2/h29H,5-28H2,1-4H3/q+1. The summed E-state index contributed by atoms with van der Waals surface area (Å²) in [5.41, 5.74) is 0. The van der Waals surface area contributed by atoms with Crippen LogP contribution < -0.4 is 0 Å². The van der Waals surface area contributed by atoms with E-state index < -0.39 is 9.28 Å². The molecular weight excluding hydrogens is 408 g/mol. The van der Waals surface area contributed by atoms with Gasteiger partial charge in [-0.1, -0.05) is 143 Å². The predicted molar refractivity (Wildman–Crippen MR) is 146 cm³/mol. The average molecular weight is 470 g/mol. The summed E-state index contributed by atoms with van der Waals surface area (Å²) >= 11 is 0. The molecule has 192 valence electrons. The van der Waals surface area contributed by atoms with Gasteiger partial charge < -0.3 is 0 Å². The monoisotopic (exact) mass is 469 g/mol. The smallest absolute Gasteiger partial charge is 0.209 e. The van der Waals surface area contributed by atoms with Crippen LogP contribution in [0, 0.1) is 5.92 Å². The van der Waals surface area contributed by atoms with Gasteiger partial charge in [0.05, 0.1) is 13.2 Å². The summed E-state index contributed by atoms with van der Waals surface area (Å²) in [5, 5.41) is 0. The van der Waals surface area contributed by atoms with Crippen LogP contribution in [0.4, 0.5) is 0 Å². The molecule has 32 heavy (non-hydrogen) atoms. The molecule has 0 saturated carbocycles. The van der Waals surface area contributed by atoms with Crippen molar-refractivity contribution < 1.29 is 8.85 Å². The molecule has 0 fully saturated rings. The van der Waals surface area contributed by atoms with E-state index in [1.165, 1.54) is 135 Å². The van der Waals surface area contributed by atoms with Gasteiger partial charge in [0.15, 0.2) is 0 Å². The van der Waals surface area contributed by atoms with Crippen molar-refractivity contribution in [2.24, 2.45) is 5.92 Å². The second-order valence-corrected chi connectivity index (χ2v) is 12.2. The van der Waals surface area contributed by atoms with Crippen LogP contribution in [0.5, 0.6) is 0 Å². The Kier molecular flexibility index (Phi) is 27.5. The van der Waals surface area contributed by atoms with Crippen LogP contribution in [0.2, 0.25) is 6.04 Å². The SMILES string of the molecule is CCCCCCCCCCCCO[Si+](CCC(C)C)OCCCCCCCCCCCC. The van der Waals surface area contributed by atoms with Crippen LogP contribution in [-0.2, 0) is 8.85 Å². The molecule has 0 spiro atoms. The summed E-state index contributed by atoms with van der Waals surface area (Å²) in [4.78, 5) is 0. The molecule has 0 aromatic carbocycles. The number of unbranched alkanes of at least 4 members (excludes halogenated alkanes) is 18. The molecule has 0 aromatic heterocycles. The first-order valence-electron chi connectivity index (χ1n) is 14.8. The van der Waals surface area contributed by atoms with Gasteiger partial charge in [-0.25, -0.2) is 8.85 Å². The Morgan fingerprint density at radius 3 is 1.09 bits per heavy atom. The summed E-state index contributed by atoms with van der Waals surface area (Å²) in [6, 6.07) is 1.15. The first-order chi connectivity index (χ1) is 15.7. The molecule has 0 N–H and O–H groups in total. The summed E-state index contributed by atoms with van der Waals surface area (Å²) < 4.78 is 12.5. The maximum Gasteiger partial charge on any atom is 0.643 e. The third-order valence-electron chi connectivity index (χ3n) is 6.45. The van der Waals surface area contributed by atoms with E-state index in [0.29, 0.717) is 0 Å². The van der Waals surface area contributed by atoms with E-state index in [1.807, 2.05) is 0 Å². The summed E-state index contributed by atoms with van der Waals surface area (Å²) in [6.07, 6.45) is 28.9. The number of hydrogen-bond donors (Lipinski definition) is 0. The third-order valence-corrected chi connectivity index (χ3v) is 8.20. The normalized spacial score (nSPS) is 11.5. The second-order valence-electron chi connectivity index (χ2n) is 10.4. The molecule has 0 aliphatic heterocycles. The third kappa shape index (κ3) is 26.4. The minimum atomic E-state index is -1.06. The maximum atomic E-state index is 6.24. The number of hydrogen-bond acceptors (Lipinski definition) is 2. The molecule has 0 aliphatic carbocycles. The van der Waals surface area contributed by atoms with E-state index >= 15 is 0 Å². The van der Waals surface area contributed by atoms with Gasteiger partial charge in [-0.3, -0.25) is 0 Å². The maximum absolute atomic E-state index is 6.24. The number of rotatable bonds is 27. The van der Waals surface area contributed by atoms with Crippen molar-refractivity contribution in [3.8, 4) is 0 Å². The highest BCUT2D eigenvalue weighted by Gasteiger charge is 2.32. The van der Waals surface area contributed by atoms with E-state index in [1.54, 1.807) is 0 Å². The van der Waals surface area contributed by atoms with Crippen molar-refractivity contribution >= 4 is 9.28 Å². The molecule has 0 aromatic rings. The van der Waals surface area contributed by atoms with Crippen molar-refractivity contribution in [2.75, 3.05) is 13.2 Å². The van der Waals surface area contributed by atoms with Gasteiger partial charge in [0, 0.05) is 0 Å². The largest absolute Gasteiger partial charge is 0.643 e. The first kappa shape index (κ1) is 32.1. The zero-order valence-corrected chi connectivity index (χ0v) is 23.9. The Bertz CT molecular complexity index is 309. The van der Waals surface area contributed by atoms with Gasteiger partial charge in [0.2, 0.25) is 0 Å². The van der Waals surface area contributed by atoms with E-state index in [-0.39, 0.29) is 0 Å². The topological polar surface area (TPSA) is 18.5 Å². The summed E-state index contributed by atoms with van der Waals surface area (Å²) in [7, 11) is -1.06. The lowest BCUT2D eigenvalue weighted by atomic mass is 10.1. The molecular formula is C29H61O2Si+. The fraction of sp³-hybridized carbons (Fsp3) is 1.00. The Morgan fingerprint density at radius 1 is 0.469 bits per heavy atom. The van der Waals surface area contributed by atoms with Crippen molar-refractivity contribution in [2.45, 2.75) is 169 Å². The second kappa shape index (κ2) is 27.4. The van der Waals surface area contributed by atoms with Gasteiger partial charge in [-0.2, -0.15) is 0 Å². The lowest BCUT2D eigenvalue weighted by Crippen LogP contribution is -2.24. The lowest BCUT2D eigenvalue weighted by molar-refractivity contribution is 0.187. The average Bonchev–Trinajstić information content (AvgIpc) is 2.78. The first-order valence-corrected chi connectivity index (χ1v) is 16.3. The highest BCUT2D eigenvalue weighted by Crippen LogP contribution is 2.14. The van der Waals surface area contributed by atoms with Gasteiger partial charge in [-0.15, -0.1) is 0 Å². The van der Waals surface area contributed by atoms with Crippen LogP contribution in [-0.4, -0.2) is 22.5 Å². The van der Waals surface area contributed by atoms with Crippen molar-refractivity contribution in [1.29, 1.82) is 0 Å². The van der Waals surface area contributed by atoms with E-state index in [9.17, 15) is 0 Å². The molecule has 0 unspecified atom stereocenters. The molecule has 0 bridgehead atoms. The van der Waals surface area contributed by atoms with Crippen LogP contribution in [0.3, 0.4) is 0 Å². The summed E-state index contributed by atoms with van der Waals surface area (Å²) in [5.74, 6) is 0.747. The zero-order valence-electron chi connectivity index (χ0n) is 22.9. The van der Waals surface area contributed by atoms with Gasteiger partial charge in [-0.05, 0) is 25.2 Å². The lowest BCUT2D eigenvalue weighted by Gasteiger charge is -2.06. The van der Waals surface area contributed by atoms with Crippen LogP contribution >= 0.6 is 0 Å². The van der Waals surface area contributed by atoms with Crippen LogP contribution in [0.15, 0.2) is 0 Å². The Hall–Kier alpha value is 0.137. The molecule has 0 rings (SSSR count). The molecule has 2 nitrogen and oxygen atoms in total. The van der Waals surface area contributed by atoms with Crippen molar-refractivity contribution in [3.05, 3.63) is 0 Å². The molecule has 0 radical (unpaired) electrons. The fourth-order valence-corrected chi connectivity index (χ4v) is 6.07. The molecule has 0 aliphatic rings. The highest BCUT2D eigenvalue weighted by atomic mass is 28.3. The van der Waals surface area contributed by atoms with Crippen molar-refractivity contribution in [3.63, 3.8) is 0 Å². The zero-order chi connectivity index (χ0) is 23.5. The molecule has 0 saturated heterocycles. The predicted octanol–water partition coefficient (Wildman–Crippen LogP) is 10.4. The fourth-order valence-electron chi connectivity index (χ4n) is 4.14. The van der Waals surface area contributed by atoms with E-state index in [0.717, 1.165) is 25.2 Å². The molecule has 0 heterocycles. The van der Waals surface area contributed by atoms with Gasteiger partial charge in [0.1, 0.15) is 6.04 Å². The van der Waals surface area contributed by atoms with Gasteiger partial charge >= 0.3 is 9.28 Å². The van der Waals surface area contributed by atoms with Gasteiger partial charge in [0.25, 0.3) is 0 Å². The van der Waals surface area contributed by atoms with E-state index in [4.69, 9.17) is 8.85 Å². The quantitative estimate of drug-likeness (QED) is 0.0879. The molecule has 3 heteroatoms. The minimum absolute atomic E-state index is 0.747. The van der Waals surface area contributed by atoms with Crippen LogP contribution in [0.1, 0.15) is 163 Å². The minimum Gasteiger partial charge on any atom is -0.209 e. The Balaban J connectivity index is 3.62. The van der Waals surface area contributed by atoms with Crippen LogP contribution in [0.25, 0.3) is 0 Å². The van der Waals surface area contributed by atoms with E-state index in [2.05, 4.69) is 27.7 Å². The molecule has 0 amide bonds. The highest BCUT2D eigenvalue weighted by molar-refractivity contribution is 6.44.